The quantitative estimate of drug-likeness (QED) is 0.103. The van der Waals surface area contributed by atoms with Crippen LogP contribution in [-0.2, 0) is 13.6 Å². The summed E-state index contributed by atoms with van der Waals surface area (Å²) in [6.45, 7) is 6.72. The van der Waals surface area contributed by atoms with E-state index in [-0.39, 0.29) is 19.3 Å². The summed E-state index contributed by atoms with van der Waals surface area (Å²) >= 11 is 0. The molecule has 0 heterocycles. The number of hydrogen-bond donors (Lipinski definition) is 2. The first-order valence-corrected chi connectivity index (χ1v) is 15.3. The van der Waals surface area contributed by atoms with Crippen molar-refractivity contribution in [1.29, 1.82) is 0 Å². The Morgan fingerprint density at radius 3 is 1.76 bits per heavy atom. The number of phosphoric acid groups is 1. The van der Waals surface area contributed by atoms with Crippen molar-refractivity contribution in [2.45, 2.75) is 129 Å². The zero-order valence-corrected chi connectivity index (χ0v) is 24.1. The number of nitrogens with zero attached hydrogens (tertiary/aromatic N) is 1. The molecule has 0 saturated heterocycles. The fraction of sp³-hybridized carbons (Fsp3) is 1.00. The van der Waals surface area contributed by atoms with Crippen molar-refractivity contribution in [3.8, 4) is 0 Å². The zero-order valence-electron chi connectivity index (χ0n) is 23.2. The van der Waals surface area contributed by atoms with Crippen LogP contribution in [0.4, 0.5) is 0 Å². The highest BCUT2D eigenvalue weighted by Gasteiger charge is 2.23. The number of likely N-dealkylation sites (N-methyl/N-ethyl adjacent to an activating group) is 1. The number of phosphoric ester groups is 1. The van der Waals surface area contributed by atoms with E-state index in [2.05, 4.69) is 12.2 Å². The molecule has 0 spiro atoms. The Kier molecular flexibility index (Phi) is 20.1. The van der Waals surface area contributed by atoms with Gasteiger partial charge in [-0.15, -0.1) is 0 Å². The van der Waals surface area contributed by atoms with Gasteiger partial charge in [-0.2, -0.15) is 0 Å². The van der Waals surface area contributed by atoms with Crippen LogP contribution in [0.2, 0.25) is 0 Å². The Balaban J connectivity index is 4.02. The standard InChI is InChI=1S/C26H57N2O5P/c1-7-8-9-10-11-12-13-14-15-16-17-18-19-20-26(29)25(27-24(2)3)23-33-34(30,31)32-22-21-28(4,5)6/h24-27,29H,7-23H2,1-6H3/t25?,26-/m1/s1. The molecule has 0 aromatic rings. The van der Waals surface area contributed by atoms with Gasteiger partial charge < -0.3 is 28.8 Å². The Bertz CT molecular complexity index is 514. The first kappa shape index (κ1) is 34.0. The molecule has 7 nitrogen and oxygen atoms in total. The van der Waals surface area contributed by atoms with Crippen LogP contribution in [0.5, 0.6) is 0 Å². The van der Waals surface area contributed by atoms with E-state index in [1.54, 1.807) is 0 Å². The lowest BCUT2D eigenvalue weighted by molar-refractivity contribution is -0.870. The molecule has 8 heteroatoms. The fourth-order valence-corrected chi connectivity index (χ4v) is 4.63. The third-order valence-corrected chi connectivity index (χ3v) is 7.00. The van der Waals surface area contributed by atoms with Crippen LogP contribution >= 0.6 is 7.82 Å². The molecular weight excluding hydrogens is 451 g/mol. The Morgan fingerprint density at radius 2 is 1.32 bits per heavy atom. The zero-order chi connectivity index (χ0) is 25.9. The van der Waals surface area contributed by atoms with Crippen molar-refractivity contribution in [3.63, 3.8) is 0 Å². The maximum Gasteiger partial charge on any atom is 0.268 e. The van der Waals surface area contributed by atoms with Gasteiger partial charge in [-0.05, 0) is 6.42 Å². The normalized spacial score (nSPS) is 16.0. The van der Waals surface area contributed by atoms with Crippen molar-refractivity contribution >= 4 is 7.82 Å². The molecule has 0 amide bonds. The van der Waals surface area contributed by atoms with Crippen LogP contribution in [0, 0.1) is 0 Å². The lowest BCUT2D eigenvalue weighted by atomic mass is 10.0. The van der Waals surface area contributed by atoms with Gasteiger partial charge in [-0.25, -0.2) is 0 Å². The fourth-order valence-electron chi connectivity index (χ4n) is 3.91. The number of aliphatic hydroxyl groups excluding tert-OH is 1. The number of rotatable bonds is 24. The molecule has 2 N–H and O–H groups in total. The van der Waals surface area contributed by atoms with Crippen molar-refractivity contribution in [1.82, 2.24) is 5.32 Å². The molecule has 0 radical (unpaired) electrons. The summed E-state index contributed by atoms with van der Waals surface area (Å²) in [5.74, 6) is 0. The van der Waals surface area contributed by atoms with E-state index in [0.29, 0.717) is 17.4 Å². The minimum atomic E-state index is -4.39. The van der Waals surface area contributed by atoms with E-state index in [4.69, 9.17) is 9.05 Å². The van der Waals surface area contributed by atoms with Crippen LogP contribution in [0.15, 0.2) is 0 Å². The van der Waals surface area contributed by atoms with Crippen molar-refractivity contribution in [2.24, 2.45) is 0 Å². The monoisotopic (exact) mass is 508 g/mol. The Hall–Kier alpha value is -0.0100. The first-order valence-electron chi connectivity index (χ1n) is 13.8. The summed E-state index contributed by atoms with van der Waals surface area (Å²) in [6.07, 6.45) is 16.7. The molecule has 0 rings (SSSR count). The predicted molar refractivity (Wildman–Crippen MR) is 141 cm³/mol. The van der Waals surface area contributed by atoms with Crippen LogP contribution in [0.1, 0.15) is 111 Å². The van der Waals surface area contributed by atoms with Crippen LogP contribution in [-0.4, -0.2) is 68.7 Å². The molecule has 0 bridgehead atoms. The van der Waals surface area contributed by atoms with Gasteiger partial charge >= 0.3 is 0 Å². The van der Waals surface area contributed by atoms with Crippen LogP contribution in [0.25, 0.3) is 0 Å². The maximum absolute atomic E-state index is 12.1. The second-order valence-electron chi connectivity index (χ2n) is 11.1. The smallest absolute Gasteiger partial charge is 0.268 e. The number of quaternary nitrogens is 1. The third-order valence-electron chi connectivity index (χ3n) is 6.04. The number of aliphatic hydroxyl groups is 1. The topological polar surface area (TPSA) is 90.9 Å². The minimum absolute atomic E-state index is 0.0774. The summed E-state index contributed by atoms with van der Waals surface area (Å²) in [6, 6.07) is -0.332. The molecule has 0 aliphatic carbocycles. The maximum atomic E-state index is 12.1. The lowest BCUT2D eigenvalue weighted by Gasteiger charge is -2.31. The molecule has 0 fully saturated rings. The second kappa shape index (κ2) is 20.1. The Morgan fingerprint density at radius 1 is 0.853 bits per heavy atom. The Labute approximate surface area is 211 Å². The summed E-state index contributed by atoms with van der Waals surface area (Å²) < 4.78 is 22.8. The number of hydrogen-bond acceptors (Lipinski definition) is 6. The average molecular weight is 509 g/mol. The summed E-state index contributed by atoms with van der Waals surface area (Å²) in [4.78, 5) is 12.1. The summed E-state index contributed by atoms with van der Waals surface area (Å²) in [5.41, 5.74) is 0. The lowest BCUT2D eigenvalue weighted by Crippen LogP contribution is -2.46. The van der Waals surface area contributed by atoms with Crippen LogP contribution in [0.3, 0.4) is 0 Å². The average Bonchev–Trinajstić information content (AvgIpc) is 2.73. The van der Waals surface area contributed by atoms with Gasteiger partial charge in [-0.1, -0.05) is 104 Å². The van der Waals surface area contributed by atoms with Crippen molar-refractivity contribution in [3.05, 3.63) is 0 Å². The van der Waals surface area contributed by atoms with Gasteiger partial charge in [0.15, 0.2) is 0 Å². The summed E-state index contributed by atoms with van der Waals surface area (Å²) in [5, 5.41) is 13.9. The van der Waals surface area contributed by atoms with Gasteiger partial charge in [0.2, 0.25) is 0 Å². The predicted octanol–water partition coefficient (Wildman–Crippen LogP) is 5.40. The molecule has 2 unspecified atom stereocenters. The highest BCUT2D eigenvalue weighted by Crippen LogP contribution is 2.38. The van der Waals surface area contributed by atoms with E-state index >= 15 is 0 Å². The molecular formula is C26H57N2O5P. The molecule has 0 aromatic heterocycles. The van der Waals surface area contributed by atoms with Gasteiger partial charge in [0, 0.05) is 6.04 Å². The highest BCUT2D eigenvalue weighted by atomic mass is 31.2. The van der Waals surface area contributed by atoms with E-state index in [1.807, 2.05) is 35.0 Å². The molecule has 34 heavy (non-hydrogen) atoms. The molecule has 206 valence electrons. The van der Waals surface area contributed by atoms with Crippen molar-refractivity contribution < 1.29 is 28.1 Å². The molecule has 0 aromatic carbocycles. The van der Waals surface area contributed by atoms with Crippen molar-refractivity contribution in [2.75, 3.05) is 40.9 Å². The SMILES string of the molecule is CCCCCCCCCCCCCCC[C@@H](O)C(COP(=O)([O-])OCC[N+](C)(C)C)NC(C)C. The van der Waals surface area contributed by atoms with Crippen LogP contribution < -0.4 is 10.2 Å². The highest BCUT2D eigenvalue weighted by molar-refractivity contribution is 7.45. The van der Waals surface area contributed by atoms with Gasteiger partial charge in [0.25, 0.3) is 7.82 Å². The van der Waals surface area contributed by atoms with Gasteiger partial charge in [0.1, 0.15) is 13.2 Å². The van der Waals surface area contributed by atoms with E-state index in [1.165, 1.54) is 70.6 Å². The van der Waals surface area contributed by atoms with Gasteiger partial charge in [0.05, 0.1) is 39.9 Å². The van der Waals surface area contributed by atoms with E-state index in [9.17, 15) is 14.6 Å². The first-order chi connectivity index (χ1) is 16.0. The van der Waals surface area contributed by atoms with Gasteiger partial charge in [-0.3, -0.25) is 4.57 Å². The minimum Gasteiger partial charge on any atom is -0.756 e. The summed E-state index contributed by atoms with van der Waals surface area (Å²) in [7, 11) is 1.52. The largest absolute Gasteiger partial charge is 0.756 e. The molecule has 0 aliphatic heterocycles. The molecule has 0 saturated carbocycles. The molecule has 0 aliphatic rings. The number of unbranched alkanes of at least 4 members (excludes halogenated alkanes) is 12. The third kappa shape index (κ3) is 22.5. The molecule has 3 atom stereocenters. The van der Waals surface area contributed by atoms with E-state index in [0.717, 1.165) is 12.8 Å². The second-order valence-corrected chi connectivity index (χ2v) is 12.5. The number of nitrogens with one attached hydrogen (secondary N) is 1. The van der Waals surface area contributed by atoms with E-state index < -0.39 is 20.0 Å².